The summed E-state index contributed by atoms with van der Waals surface area (Å²) in [5, 5.41) is 9.53. The largest absolute Gasteiger partial charge is 0.495 e. The minimum Gasteiger partial charge on any atom is -0.495 e. The van der Waals surface area contributed by atoms with Gasteiger partial charge in [0, 0.05) is 5.71 Å². The molecule has 2 aromatic carbocycles. The number of nitrogens with two attached hydrogens (primary N) is 1. The van der Waals surface area contributed by atoms with Crippen LogP contribution in [0.1, 0.15) is 12.5 Å². The third-order valence-corrected chi connectivity index (χ3v) is 6.13. The fourth-order valence-electron chi connectivity index (χ4n) is 3.64. The van der Waals surface area contributed by atoms with Crippen molar-refractivity contribution in [2.24, 2.45) is 10.1 Å². The number of methoxy groups -OCH3 is 1. The van der Waals surface area contributed by atoms with Gasteiger partial charge in [-0.1, -0.05) is 6.07 Å². The molecule has 174 valence electrons. The van der Waals surface area contributed by atoms with Gasteiger partial charge in [0.2, 0.25) is 5.84 Å². The topological polar surface area (TPSA) is 107 Å². The maximum atomic E-state index is 13.3. The lowest BCUT2D eigenvalue weighted by Crippen LogP contribution is -2.47. The molecule has 2 aliphatic rings. The van der Waals surface area contributed by atoms with E-state index in [4.69, 9.17) is 20.6 Å². The first-order valence-corrected chi connectivity index (χ1v) is 11.3. The fourth-order valence-corrected chi connectivity index (χ4v) is 4.68. The van der Waals surface area contributed by atoms with E-state index in [1.165, 1.54) is 16.5 Å². The molecule has 2 aromatic rings. The predicted molar refractivity (Wildman–Crippen MR) is 128 cm³/mol. The SMILES string of the molecule is COc1cc(C=C2OCCN3C2=NS(=O)N3c2ccc(F)cc2)ccc1N(CN)CC(C)=N. The van der Waals surface area contributed by atoms with Gasteiger partial charge in [-0.05, 0) is 55.0 Å². The van der Waals surface area contributed by atoms with Gasteiger partial charge in [-0.15, -0.1) is 4.40 Å². The zero-order chi connectivity index (χ0) is 23.5. The third kappa shape index (κ3) is 4.69. The maximum Gasteiger partial charge on any atom is 0.267 e. The predicted octanol–water partition coefficient (Wildman–Crippen LogP) is 2.68. The smallest absolute Gasteiger partial charge is 0.267 e. The molecule has 4 rings (SSSR count). The second-order valence-corrected chi connectivity index (χ2v) is 8.46. The Morgan fingerprint density at radius 3 is 2.79 bits per heavy atom. The first-order chi connectivity index (χ1) is 15.9. The van der Waals surface area contributed by atoms with Crippen LogP contribution in [0.25, 0.3) is 6.08 Å². The lowest BCUT2D eigenvalue weighted by atomic mass is 10.1. The van der Waals surface area contributed by atoms with Crippen LogP contribution in [0.5, 0.6) is 5.75 Å². The first-order valence-electron chi connectivity index (χ1n) is 10.3. The second-order valence-electron chi connectivity index (χ2n) is 7.47. The van der Waals surface area contributed by atoms with Crippen LogP contribution < -0.4 is 19.8 Å². The standard InChI is InChI=1S/C22H25FN6O3S/c1-15(25)13-27(14-24)19-8-3-16(11-20(19)31-2)12-21-22-26-33(30)29(28(22)9-10-32-21)18-6-4-17(23)5-7-18/h3-8,11-12,25H,9-10,13-14,24H2,1-2H3. The van der Waals surface area contributed by atoms with E-state index in [1.807, 2.05) is 23.1 Å². The van der Waals surface area contributed by atoms with Crippen LogP contribution in [0.4, 0.5) is 15.8 Å². The van der Waals surface area contributed by atoms with Crippen molar-refractivity contribution in [3.8, 4) is 5.75 Å². The number of halogens is 1. The minimum atomic E-state index is -1.70. The molecular weight excluding hydrogens is 447 g/mol. The number of anilines is 2. The Kier molecular flexibility index (Phi) is 6.61. The van der Waals surface area contributed by atoms with Gasteiger partial charge in [0.1, 0.15) is 18.2 Å². The summed E-state index contributed by atoms with van der Waals surface area (Å²) in [7, 11) is 1.57. The highest BCUT2D eigenvalue weighted by molar-refractivity contribution is 7.85. The zero-order valence-electron chi connectivity index (χ0n) is 18.3. The molecule has 1 saturated heterocycles. The molecule has 0 aliphatic carbocycles. The maximum absolute atomic E-state index is 13.3. The molecule has 2 aliphatic heterocycles. The van der Waals surface area contributed by atoms with Crippen LogP contribution in [-0.2, 0) is 15.9 Å². The van der Waals surface area contributed by atoms with Crippen molar-refractivity contribution in [3.63, 3.8) is 0 Å². The molecule has 3 N–H and O–H groups in total. The van der Waals surface area contributed by atoms with Gasteiger partial charge >= 0.3 is 0 Å². The Balaban J connectivity index is 1.63. The Labute approximate surface area is 194 Å². The van der Waals surface area contributed by atoms with Gasteiger partial charge in [0.05, 0.1) is 38.2 Å². The van der Waals surface area contributed by atoms with Gasteiger partial charge in [-0.25, -0.2) is 13.6 Å². The average Bonchev–Trinajstić information content (AvgIpc) is 3.15. The van der Waals surface area contributed by atoms with Crippen molar-refractivity contribution < 1.29 is 18.1 Å². The van der Waals surface area contributed by atoms with Crippen molar-refractivity contribution >= 4 is 40.2 Å². The zero-order valence-corrected chi connectivity index (χ0v) is 19.1. The second kappa shape index (κ2) is 9.59. The number of rotatable bonds is 7. The van der Waals surface area contributed by atoms with Crippen molar-refractivity contribution in [2.75, 3.05) is 42.8 Å². The van der Waals surface area contributed by atoms with Crippen molar-refractivity contribution in [1.82, 2.24) is 5.01 Å². The molecule has 1 fully saturated rings. The fraction of sp³-hybridized carbons (Fsp3) is 0.273. The molecule has 1 atom stereocenters. The average molecular weight is 473 g/mol. The van der Waals surface area contributed by atoms with Crippen molar-refractivity contribution in [2.45, 2.75) is 6.92 Å². The molecule has 0 spiro atoms. The first kappa shape index (κ1) is 22.7. The lowest BCUT2D eigenvalue weighted by Gasteiger charge is -2.33. The number of hydrazine groups is 1. The number of morpholine rings is 1. The van der Waals surface area contributed by atoms with Gasteiger partial charge in [-0.2, -0.15) is 4.41 Å². The normalized spacial score (nSPS) is 18.6. The molecule has 2 heterocycles. The summed E-state index contributed by atoms with van der Waals surface area (Å²) in [6, 6.07) is 11.4. The quantitative estimate of drug-likeness (QED) is 0.474. The van der Waals surface area contributed by atoms with Gasteiger partial charge < -0.3 is 25.5 Å². The van der Waals surface area contributed by atoms with Crippen LogP contribution >= 0.6 is 0 Å². The Hall–Kier alpha value is -3.44. The van der Waals surface area contributed by atoms with E-state index in [9.17, 15) is 8.60 Å². The Bertz CT molecular complexity index is 1140. The van der Waals surface area contributed by atoms with Crippen LogP contribution in [0.15, 0.2) is 52.6 Å². The molecule has 0 radical (unpaired) electrons. The highest BCUT2D eigenvalue weighted by atomic mass is 32.2. The molecule has 9 nitrogen and oxygen atoms in total. The summed E-state index contributed by atoms with van der Waals surface area (Å²) in [5.41, 5.74) is 8.51. The van der Waals surface area contributed by atoms with Crippen LogP contribution in [-0.4, -0.2) is 54.2 Å². The molecule has 33 heavy (non-hydrogen) atoms. The number of benzene rings is 2. The van der Waals surface area contributed by atoms with Crippen LogP contribution in [0.2, 0.25) is 0 Å². The van der Waals surface area contributed by atoms with E-state index in [1.54, 1.807) is 37.3 Å². The monoisotopic (exact) mass is 472 g/mol. The summed E-state index contributed by atoms with van der Waals surface area (Å²) >= 11 is -1.70. The molecule has 0 aromatic heterocycles. The van der Waals surface area contributed by atoms with E-state index < -0.39 is 11.2 Å². The number of hydrogen-bond acceptors (Lipinski definition) is 7. The van der Waals surface area contributed by atoms with Gasteiger partial charge in [-0.3, -0.25) is 0 Å². The number of fused-ring (bicyclic) bond motifs is 1. The minimum absolute atomic E-state index is 0.243. The van der Waals surface area contributed by atoms with Crippen LogP contribution in [0.3, 0.4) is 0 Å². The molecule has 1 unspecified atom stereocenters. The van der Waals surface area contributed by atoms with Gasteiger partial charge in [0.25, 0.3) is 11.2 Å². The summed E-state index contributed by atoms with van der Waals surface area (Å²) in [4.78, 5) is 1.85. The number of nitrogens with one attached hydrogen (secondary N) is 1. The highest BCUT2D eigenvalue weighted by Gasteiger charge is 2.37. The lowest BCUT2D eigenvalue weighted by molar-refractivity contribution is 0.177. The van der Waals surface area contributed by atoms with E-state index in [-0.39, 0.29) is 12.5 Å². The summed E-state index contributed by atoms with van der Waals surface area (Å²) in [6.07, 6.45) is 1.80. The van der Waals surface area contributed by atoms with E-state index in [0.29, 0.717) is 48.4 Å². The van der Waals surface area contributed by atoms with Gasteiger partial charge in [0.15, 0.2) is 5.76 Å². The number of hydrogen-bond donors (Lipinski definition) is 2. The van der Waals surface area contributed by atoms with E-state index in [0.717, 1.165) is 11.3 Å². The van der Waals surface area contributed by atoms with E-state index >= 15 is 0 Å². The molecule has 0 bridgehead atoms. The Morgan fingerprint density at radius 1 is 1.36 bits per heavy atom. The Morgan fingerprint density at radius 2 is 2.12 bits per heavy atom. The molecular formula is C22H25FN6O3S. The number of nitrogens with zero attached hydrogens (tertiary/aromatic N) is 4. The summed E-state index contributed by atoms with van der Waals surface area (Å²) in [5.74, 6) is 1.15. The van der Waals surface area contributed by atoms with E-state index in [2.05, 4.69) is 4.40 Å². The summed E-state index contributed by atoms with van der Waals surface area (Å²) in [6.45, 7) is 3.19. The molecule has 0 amide bonds. The number of amidine groups is 1. The van der Waals surface area contributed by atoms with Crippen molar-refractivity contribution in [1.29, 1.82) is 5.41 Å². The third-order valence-electron chi connectivity index (χ3n) is 5.10. The number of ether oxygens (including phenoxy) is 2. The molecule has 0 saturated carbocycles. The highest BCUT2D eigenvalue weighted by Crippen LogP contribution is 2.32. The molecule has 11 heteroatoms. The van der Waals surface area contributed by atoms with Crippen molar-refractivity contribution in [3.05, 3.63) is 59.6 Å². The summed E-state index contributed by atoms with van der Waals surface area (Å²) < 4.78 is 43.3. The van der Waals surface area contributed by atoms with Crippen LogP contribution in [0, 0.1) is 11.2 Å².